The van der Waals surface area contributed by atoms with Crippen molar-refractivity contribution in [1.82, 2.24) is 4.90 Å². The Morgan fingerprint density at radius 1 is 1.40 bits per heavy atom. The minimum atomic E-state index is 0.750. The highest BCUT2D eigenvalue weighted by Gasteiger charge is 1.99. The molecule has 0 saturated heterocycles. The lowest BCUT2D eigenvalue weighted by Gasteiger charge is -2.07. The van der Waals surface area contributed by atoms with Crippen LogP contribution in [0.4, 0.5) is 5.69 Å². The second kappa shape index (κ2) is 5.41. The highest BCUT2D eigenvalue weighted by molar-refractivity contribution is 5.62. The Balaban J connectivity index is 2.82. The van der Waals surface area contributed by atoms with Gasteiger partial charge in [0, 0.05) is 17.8 Å². The van der Waals surface area contributed by atoms with Crippen LogP contribution in [0.3, 0.4) is 0 Å². The number of hydrogen-bond acceptors (Lipinski definition) is 3. The fraction of sp³-hybridized carbons (Fsp3) is 0.333. The van der Waals surface area contributed by atoms with Gasteiger partial charge in [-0.2, -0.15) is 0 Å². The average molecular weight is 206 g/mol. The van der Waals surface area contributed by atoms with E-state index in [9.17, 15) is 0 Å². The summed E-state index contributed by atoms with van der Waals surface area (Å²) < 4.78 is 5.24. The third-order valence-electron chi connectivity index (χ3n) is 2.02. The van der Waals surface area contributed by atoms with E-state index in [-0.39, 0.29) is 0 Å². The van der Waals surface area contributed by atoms with Crippen molar-refractivity contribution in [2.45, 2.75) is 0 Å². The first kappa shape index (κ1) is 11.6. The third-order valence-corrected chi connectivity index (χ3v) is 2.02. The lowest BCUT2D eigenvalue weighted by Crippen LogP contribution is -2.10. The van der Waals surface area contributed by atoms with E-state index in [0.29, 0.717) is 0 Å². The molecule has 1 aromatic rings. The Hall–Kier alpha value is -1.48. The first-order valence-corrected chi connectivity index (χ1v) is 4.88. The van der Waals surface area contributed by atoms with E-state index in [1.807, 2.05) is 38.4 Å². The van der Waals surface area contributed by atoms with Gasteiger partial charge in [0.25, 0.3) is 0 Å². The van der Waals surface area contributed by atoms with Crippen molar-refractivity contribution in [3.8, 4) is 5.75 Å². The second-order valence-electron chi connectivity index (χ2n) is 3.67. The van der Waals surface area contributed by atoms with Gasteiger partial charge in [-0.15, -0.1) is 0 Å². The molecule has 0 spiro atoms. The van der Waals surface area contributed by atoms with Crippen molar-refractivity contribution in [3.05, 3.63) is 29.8 Å². The molecule has 0 unspecified atom stereocenters. The van der Waals surface area contributed by atoms with Crippen LogP contribution < -0.4 is 10.5 Å². The number of benzene rings is 1. The molecule has 82 valence electrons. The maximum Gasteiger partial charge on any atom is 0.126 e. The molecular weight excluding hydrogens is 188 g/mol. The molecule has 0 heterocycles. The Morgan fingerprint density at radius 2 is 2.13 bits per heavy atom. The fourth-order valence-electron chi connectivity index (χ4n) is 1.27. The number of nitrogens with zero attached hydrogens (tertiary/aromatic N) is 1. The summed E-state index contributed by atoms with van der Waals surface area (Å²) in [6.07, 6.45) is 4.10. The lowest BCUT2D eigenvalue weighted by atomic mass is 10.1. The van der Waals surface area contributed by atoms with Crippen molar-refractivity contribution < 1.29 is 4.74 Å². The number of nitrogens with two attached hydrogens (primary N) is 1. The van der Waals surface area contributed by atoms with Crippen LogP contribution in [0.25, 0.3) is 6.08 Å². The number of likely N-dealkylation sites (N-methyl/N-ethyl adjacent to an activating group) is 1. The van der Waals surface area contributed by atoms with Gasteiger partial charge in [-0.1, -0.05) is 12.2 Å². The van der Waals surface area contributed by atoms with Gasteiger partial charge in [0.1, 0.15) is 5.75 Å². The Labute approximate surface area is 91.1 Å². The number of methoxy groups -OCH3 is 1. The van der Waals surface area contributed by atoms with Crippen molar-refractivity contribution in [1.29, 1.82) is 0 Å². The molecule has 1 aromatic carbocycles. The number of anilines is 1. The van der Waals surface area contributed by atoms with Crippen LogP contribution in [0.5, 0.6) is 5.75 Å². The minimum Gasteiger partial charge on any atom is -0.496 e. The molecule has 0 bridgehead atoms. The van der Waals surface area contributed by atoms with E-state index in [2.05, 4.69) is 11.0 Å². The molecule has 0 amide bonds. The molecule has 0 aliphatic carbocycles. The van der Waals surface area contributed by atoms with Gasteiger partial charge in [0.05, 0.1) is 7.11 Å². The molecule has 0 aromatic heterocycles. The zero-order valence-corrected chi connectivity index (χ0v) is 9.53. The lowest BCUT2D eigenvalue weighted by molar-refractivity contribution is 0.414. The van der Waals surface area contributed by atoms with Gasteiger partial charge in [-0.05, 0) is 32.3 Å². The monoisotopic (exact) mass is 206 g/mol. The zero-order valence-electron chi connectivity index (χ0n) is 9.53. The Kier molecular flexibility index (Phi) is 4.18. The van der Waals surface area contributed by atoms with Gasteiger partial charge in [-0.25, -0.2) is 0 Å². The summed E-state index contributed by atoms with van der Waals surface area (Å²) in [6.45, 7) is 0.901. The van der Waals surface area contributed by atoms with Crippen LogP contribution in [-0.2, 0) is 0 Å². The normalized spacial score (nSPS) is 11.2. The van der Waals surface area contributed by atoms with Crippen LogP contribution in [0, 0.1) is 0 Å². The smallest absolute Gasteiger partial charge is 0.126 e. The summed E-state index contributed by atoms with van der Waals surface area (Å²) >= 11 is 0. The zero-order chi connectivity index (χ0) is 11.3. The van der Waals surface area contributed by atoms with Crippen molar-refractivity contribution >= 4 is 11.8 Å². The van der Waals surface area contributed by atoms with Crippen LogP contribution in [0.2, 0.25) is 0 Å². The summed E-state index contributed by atoms with van der Waals surface area (Å²) in [5.74, 6) is 0.846. The molecule has 0 aliphatic rings. The molecule has 3 heteroatoms. The van der Waals surface area contributed by atoms with Gasteiger partial charge >= 0.3 is 0 Å². The topological polar surface area (TPSA) is 38.5 Å². The highest BCUT2D eigenvalue weighted by atomic mass is 16.5. The largest absolute Gasteiger partial charge is 0.496 e. The maximum absolute atomic E-state index is 5.71. The molecule has 0 fully saturated rings. The highest BCUT2D eigenvalue weighted by Crippen LogP contribution is 2.22. The molecule has 3 nitrogen and oxygen atoms in total. The summed E-state index contributed by atoms with van der Waals surface area (Å²) in [5.41, 5.74) is 7.48. The van der Waals surface area contributed by atoms with Gasteiger partial charge in [0.2, 0.25) is 0 Å². The first-order valence-electron chi connectivity index (χ1n) is 4.88. The van der Waals surface area contributed by atoms with Gasteiger partial charge in [0.15, 0.2) is 0 Å². The molecule has 1 rings (SSSR count). The molecule has 2 N–H and O–H groups in total. The standard InChI is InChI=1S/C12H18N2O/c1-14(2)8-4-5-10-9-11(13)6-7-12(10)15-3/h4-7,9H,8,13H2,1-3H3. The van der Waals surface area contributed by atoms with E-state index in [1.54, 1.807) is 7.11 Å². The van der Waals surface area contributed by atoms with Crippen molar-refractivity contribution in [2.24, 2.45) is 0 Å². The number of hydrogen-bond donors (Lipinski definition) is 1. The summed E-state index contributed by atoms with van der Waals surface area (Å²) in [7, 11) is 5.72. The predicted molar refractivity (Wildman–Crippen MR) is 65.0 cm³/mol. The SMILES string of the molecule is COc1ccc(N)cc1C=CCN(C)C. The van der Waals surface area contributed by atoms with E-state index in [4.69, 9.17) is 10.5 Å². The number of nitrogen functional groups attached to an aromatic ring is 1. The molecule has 0 radical (unpaired) electrons. The summed E-state index contributed by atoms with van der Waals surface area (Å²) in [6, 6.07) is 5.62. The van der Waals surface area contributed by atoms with Crippen molar-refractivity contribution in [2.75, 3.05) is 33.5 Å². The molecular formula is C12H18N2O. The number of rotatable bonds is 4. The van der Waals surface area contributed by atoms with Crippen LogP contribution >= 0.6 is 0 Å². The molecule has 15 heavy (non-hydrogen) atoms. The molecule has 0 saturated carbocycles. The van der Waals surface area contributed by atoms with Crippen LogP contribution in [0.1, 0.15) is 5.56 Å². The number of ether oxygens (including phenoxy) is 1. The average Bonchev–Trinajstić information content (AvgIpc) is 2.17. The van der Waals surface area contributed by atoms with E-state index < -0.39 is 0 Å². The second-order valence-corrected chi connectivity index (χ2v) is 3.67. The first-order chi connectivity index (χ1) is 7.13. The summed E-state index contributed by atoms with van der Waals surface area (Å²) in [5, 5.41) is 0. The van der Waals surface area contributed by atoms with E-state index in [1.165, 1.54) is 0 Å². The van der Waals surface area contributed by atoms with Crippen LogP contribution in [-0.4, -0.2) is 32.6 Å². The van der Waals surface area contributed by atoms with Gasteiger partial charge < -0.3 is 15.4 Å². The van der Waals surface area contributed by atoms with E-state index in [0.717, 1.165) is 23.5 Å². The quantitative estimate of drug-likeness (QED) is 0.764. The van der Waals surface area contributed by atoms with Crippen molar-refractivity contribution in [3.63, 3.8) is 0 Å². The minimum absolute atomic E-state index is 0.750. The molecule has 0 aliphatic heterocycles. The predicted octanol–water partition coefficient (Wildman–Crippen LogP) is 1.85. The fourth-order valence-corrected chi connectivity index (χ4v) is 1.27. The maximum atomic E-state index is 5.71. The Morgan fingerprint density at radius 3 is 2.73 bits per heavy atom. The van der Waals surface area contributed by atoms with Gasteiger partial charge in [-0.3, -0.25) is 0 Å². The van der Waals surface area contributed by atoms with E-state index >= 15 is 0 Å². The van der Waals surface area contributed by atoms with Crippen LogP contribution in [0.15, 0.2) is 24.3 Å². The summed E-state index contributed by atoms with van der Waals surface area (Å²) in [4.78, 5) is 2.09. The molecule has 0 atom stereocenters. The third kappa shape index (κ3) is 3.64. The Bertz CT molecular complexity index is 345.